The van der Waals surface area contributed by atoms with E-state index >= 15 is 0 Å². The van der Waals surface area contributed by atoms with Crippen LogP contribution < -0.4 is 4.90 Å². The van der Waals surface area contributed by atoms with Gasteiger partial charge in [0.25, 0.3) is 0 Å². The molecule has 10 aromatic carbocycles. The topological polar surface area (TPSA) is 3.24 Å². The van der Waals surface area contributed by atoms with Crippen molar-refractivity contribution >= 4 is 60.2 Å². The number of anilines is 3. The number of para-hydroxylation sites is 2. The largest absolute Gasteiger partial charge is 0.310 e. The molecule has 1 heteroatoms. The van der Waals surface area contributed by atoms with Gasteiger partial charge in [0.15, 0.2) is 0 Å². The van der Waals surface area contributed by atoms with E-state index in [1.54, 1.807) is 0 Å². The molecule has 0 amide bonds. The Morgan fingerprint density at radius 2 is 0.727 bits per heavy atom. The highest BCUT2D eigenvalue weighted by molar-refractivity contribution is 6.23. The molecule has 1 nitrogen and oxygen atoms in total. The Morgan fingerprint density at radius 3 is 1.29 bits per heavy atom. The number of hydrogen-bond donors (Lipinski definition) is 0. The first-order chi connectivity index (χ1) is 27.3. The highest BCUT2D eigenvalue weighted by atomic mass is 15.1. The van der Waals surface area contributed by atoms with Gasteiger partial charge in [-0.15, -0.1) is 0 Å². The zero-order valence-corrected chi connectivity index (χ0v) is 30.6. The summed E-state index contributed by atoms with van der Waals surface area (Å²) >= 11 is 0. The van der Waals surface area contributed by atoms with Crippen LogP contribution in [0.5, 0.6) is 0 Å². The zero-order chi connectivity index (χ0) is 36.6. The van der Waals surface area contributed by atoms with Crippen LogP contribution in [0, 0.1) is 0 Å². The molecule has 0 N–H and O–H groups in total. The summed E-state index contributed by atoms with van der Waals surface area (Å²) in [5.41, 5.74) is 11.1. The molecule has 0 atom stereocenters. The molecule has 55 heavy (non-hydrogen) atoms. The van der Waals surface area contributed by atoms with Crippen molar-refractivity contribution in [2.45, 2.75) is 12.8 Å². The third-order valence-electron chi connectivity index (χ3n) is 11.1. The van der Waals surface area contributed by atoms with E-state index in [9.17, 15) is 0 Å². The van der Waals surface area contributed by atoms with Gasteiger partial charge in [-0.1, -0.05) is 164 Å². The molecule has 10 aromatic rings. The highest BCUT2D eigenvalue weighted by Gasteiger charge is 2.21. The van der Waals surface area contributed by atoms with Crippen LogP contribution in [0.15, 0.2) is 212 Å². The first-order valence-corrected chi connectivity index (χ1v) is 19.2. The maximum absolute atomic E-state index is 2.47. The summed E-state index contributed by atoms with van der Waals surface area (Å²) in [6, 6.07) is 77.9. The molecule has 0 aliphatic carbocycles. The van der Waals surface area contributed by atoms with Gasteiger partial charge in [0.1, 0.15) is 0 Å². The standard InChI is InChI=1S/C54H39N/c1-4-14-38(15-5-1)24-25-39-26-32-49-51(34-39)53(44-29-27-40-16-10-12-18-42(40)35-44)50-33-31-48(55(46-20-6-2-7-21-46)47-22-8-3-9-23-47)37-52(50)54(49)45-30-28-41-17-11-13-19-43(41)36-45/h1-23,26-37H,24-25H2. The van der Waals surface area contributed by atoms with Gasteiger partial charge in [-0.2, -0.15) is 0 Å². The average molecular weight is 702 g/mol. The van der Waals surface area contributed by atoms with E-state index in [4.69, 9.17) is 0 Å². The van der Waals surface area contributed by atoms with E-state index in [0.29, 0.717) is 0 Å². The second-order valence-corrected chi connectivity index (χ2v) is 14.5. The summed E-state index contributed by atoms with van der Waals surface area (Å²) in [5, 5.41) is 10.0. The Hall–Kier alpha value is -6.96. The fourth-order valence-electron chi connectivity index (χ4n) is 8.40. The predicted octanol–water partition coefficient (Wildman–Crippen LogP) is 14.9. The van der Waals surface area contributed by atoms with E-state index < -0.39 is 0 Å². The minimum absolute atomic E-state index is 0.975. The number of fused-ring (bicyclic) bond motifs is 4. The molecule has 0 aromatic heterocycles. The van der Waals surface area contributed by atoms with Crippen LogP contribution in [0.3, 0.4) is 0 Å². The lowest BCUT2D eigenvalue weighted by atomic mass is 9.84. The van der Waals surface area contributed by atoms with Crippen molar-refractivity contribution in [1.82, 2.24) is 0 Å². The van der Waals surface area contributed by atoms with Gasteiger partial charge in [-0.05, 0) is 138 Å². The average Bonchev–Trinajstić information content (AvgIpc) is 3.25. The molecule has 0 radical (unpaired) electrons. The van der Waals surface area contributed by atoms with Crippen LogP contribution >= 0.6 is 0 Å². The van der Waals surface area contributed by atoms with Crippen LogP contribution in [0.25, 0.3) is 65.3 Å². The Labute approximate surface area is 322 Å². The van der Waals surface area contributed by atoms with Crippen molar-refractivity contribution in [1.29, 1.82) is 0 Å². The van der Waals surface area contributed by atoms with Crippen molar-refractivity contribution in [3.63, 3.8) is 0 Å². The second-order valence-electron chi connectivity index (χ2n) is 14.5. The van der Waals surface area contributed by atoms with E-state index in [0.717, 1.165) is 29.9 Å². The number of nitrogens with zero attached hydrogens (tertiary/aromatic N) is 1. The zero-order valence-electron chi connectivity index (χ0n) is 30.6. The van der Waals surface area contributed by atoms with Crippen molar-refractivity contribution in [3.8, 4) is 22.3 Å². The first-order valence-electron chi connectivity index (χ1n) is 19.2. The quantitative estimate of drug-likeness (QED) is 0.143. The molecule has 0 bridgehead atoms. The lowest BCUT2D eigenvalue weighted by Crippen LogP contribution is -2.09. The molecule has 0 saturated carbocycles. The highest BCUT2D eigenvalue weighted by Crippen LogP contribution is 2.47. The molecule has 0 aliphatic rings. The van der Waals surface area contributed by atoms with Crippen LogP contribution in [0.2, 0.25) is 0 Å². The van der Waals surface area contributed by atoms with Gasteiger partial charge in [-0.3, -0.25) is 0 Å². The first kappa shape index (κ1) is 32.7. The van der Waals surface area contributed by atoms with Gasteiger partial charge in [0.2, 0.25) is 0 Å². The predicted molar refractivity (Wildman–Crippen MR) is 236 cm³/mol. The van der Waals surface area contributed by atoms with Gasteiger partial charge >= 0.3 is 0 Å². The maximum atomic E-state index is 2.47. The van der Waals surface area contributed by atoms with E-state index in [1.807, 2.05) is 0 Å². The Balaban J connectivity index is 1.28. The molecule has 0 heterocycles. The summed E-state index contributed by atoms with van der Waals surface area (Å²) in [4.78, 5) is 2.37. The molecule has 0 unspecified atom stereocenters. The minimum atomic E-state index is 0.975. The summed E-state index contributed by atoms with van der Waals surface area (Å²) in [5.74, 6) is 0. The molecule has 0 spiro atoms. The lowest BCUT2D eigenvalue weighted by Gasteiger charge is -2.27. The monoisotopic (exact) mass is 701 g/mol. The molecule has 0 fully saturated rings. The normalized spacial score (nSPS) is 11.4. The lowest BCUT2D eigenvalue weighted by molar-refractivity contribution is 0.962. The van der Waals surface area contributed by atoms with Gasteiger partial charge in [0.05, 0.1) is 0 Å². The minimum Gasteiger partial charge on any atom is -0.310 e. The smallest absolute Gasteiger partial charge is 0.0468 e. The number of hydrogen-bond acceptors (Lipinski definition) is 1. The van der Waals surface area contributed by atoms with Crippen molar-refractivity contribution in [3.05, 3.63) is 223 Å². The Morgan fingerprint density at radius 1 is 0.273 bits per heavy atom. The number of rotatable bonds is 8. The van der Waals surface area contributed by atoms with Crippen molar-refractivity contribution < 1.29 is 0 Å². The number of aryl methyl sites for hydroxylation is 2. The molecule has 0 saturated heterocycles. The third-order valence-corrected chi connectivity index (χ3v) is 11.1. The summed E-state index contributed by atoms with van der Waals surface area (Å²) < 4.78 is 0. The molecular formula is C54H39N. The molecule has 0 aliphatic heterocycles. The van der Waals surface area contributed by atoms with Gasteiger partial charge in [0, 0.05) is 17.1 Å². The van der Waals surface area contributed by atoms with Gasteiger partial charge < -0.3 is 4.90 Å². The maximum Gasteiger partial charge on any atom is 0.0468 e. The van der Waals surface area contributed by atoms with E-state index in [1.165, 1.54) is 76.5 Å². The summed E-state index contributed by atoms with van der Waals surface area (Å²) in [7, 11) is 0. The fraction of sp³-hybridized carbons (Fsp3) is 0.0370. The third kappa shape index (κ3) is 6.20. The molecular weight excluding hydrogens is 663 g/mol. The molecule has 260 valence electrons. The Bertz CT molecular complexity index is 2930. The van der Waals surface area contributed by atoms with Crippen molar-refractivity contribution in [2.75, 3.05) is 4.90 Å². The van der Waals surface area contributed by atoms with Gasteiger partial charge in [-0.25, -0.2) is 0 Å². The number of benzene rings is 10. The van der Waals surface area contributed by atoms with Crippen LogP contribution in [0.4, 0.5) is 17.1 Å². The van der Waals surface area contributed by atoms with E-state index in [2.05, 4.69) is 217 Å². The van der Waals surface area contributed by atoms with Crippen LogP contribution in [-0.4, -0.2) is 0 Å². The van der Waals surface area contributed by atoms with Crippen LogP contribution in [0.1, 0.15) is 11.1 Å². The second kappa shape index (κ2) is 14.1. The Kier molecular flexibility index (Phi) is 8.39. The summed E-state index contributed by atoms with van der Waals surface area (Å²) in [6.45, 7) is 0. The van der Waals surface area contributed by atoms with Crippen LogP contribution in [-0.2, 0) is 12.8 Å². The van der Waals surface area contributed by atoms with Crippen molar-refractivity contribution in [2.24, 2.45) is 0 Å². The van der Waals surface area contributed by atoms with E-state index in [-0.39, 0.29) is 0 Å². The fourth-order valence-corrected chi connectivity index (χ4v) is 8.40. The molecule has 10 rings (SSSR count). The SMILES string of the molecule is c1ccc(CCc2ccc3c(-c4ccc5ccccc5c4)c4cc(N(c5ccccc5)c5ccccc5)ccc4c(-c4ccc5ccccc5c4)c3c2)cc1. The summed E-state index contributed by atoms with van der Waals surface area (Å²) in [6.07, 6.45) is 1.98.